The zero-order chi connectivity index (χ0) is 12.4. The minimum Gasteiger partial charge on any atom is -0.497 e. The molecule has 1 saturated heterocycles. The molecule has 1 aliphatic heterocycles. The van der Waals surface area contributed by atoms with Crippen molar-refractivity contribution in [2.45, 2.75) is 12.5 Å². The molecule has 1 aromatic carbocycles. The van der Waals surface area contributed by atoms with E-state index in [0.717, 1.165) is 25.4 Å². The van der Waals surface area contributed by atoms with Gasteiger partial charge in [0, 0.05) is 37.4 Å². The average molecular weight is 243 g/mol. The Labute approximate surface area is 107 Å². The third-order valence-corrected chi connectivity index (χ3v) is 3.43. The summed E-state index contributed by atoms with van der Waals surface area (Å²) in [7, 11) is 1.70. The van der Waals surface area contributed by atoms with Gasteiger partial charge in [-0.1, -0.05) is 12.1 Å². The van der Waals surface area contributed by atoms with Crippen molar-refractivity contribution in [3.8, 4) is 5.75 Å². The molecule has 94 valence electrons. The molecule has 0 spiro atoms. The molecule has 1 aliphatic rings. The van der Waals surface area contributed by atoms with Gasteiger partial charge < -0.3 is 14.6 Å². The predicted molar refractivity (Wildman–Crippen MR) is 69.9 cm³/mol. The van der Waals surface area contributed by atoms with Crippen LogP contribution < -0.4 is 10.1 Å². The Balaban J connectivity index is 1.81. The van der Waals surface area contributed by atoms with Crippen molar-refractivity contribution in [3.05, 3.63) is 48.0 Å². The minimum absolute atomic E-state index is 0.609. The highest BCUT2D eigenvalue weighted by molar-refractivity contribution is 5.29. The lowest BCUT2D eigenvalue weighted by atomic mass is 10.00. The van der Waals surface area contributed by atoms with Crippen LogP contribution >= 0.6 is 0 Å². The molecule has 2 heterocycles. The van der Waals surface area contributed by atoms with Crippen LogP contribution in [0.5, 0.6) is 5.75 Å². The fourth-order valence-corrected chi connectivity index (χ4v) is 2.27. The first kappa shape index (κ1) is 11.3. The van der Waals surface area contributed by atoms with Gasteiger partial charge in [-0.05, 0) is 17.7 Å². The van der Waals surface area contributed by atoms with Gasteiger partial charge in [-0.15, -0.1) is 0 Å². The normalized spacial score (nSPS) is 15.4. The molecular weight excluding hydrogens is 226 g/mol. The van der Waals surface area contributed by atoms with E-state index in [2.05, 4.69) is 27.0 Å². The summed E-state index contributed by atoms with van der Waals surface area (Å²) in [4.78, 5) is 4.27. The van der Waals surface area contributed by atoms with Crippen molar-refractivity contribution in [2.75, 3.05) is 20.2 Å². The number of hydrogen-bond donors (Lipinski definition) is 1. The number of rotatable bonds is 4. The van der Waals surface area contributed by atoms with Crippen LogP contribution in [0.2, 0.25) is 0 Å². The second-order valence-electron chi connectivity index (χ2n) is 4.65. The fourth-order valence-electron chi connectivity index (χ4n) is 2.27. The number of ether oxygens (including phenoxy) is 1. The molecule has 4 nitrogen and oxygen atoms in total. The summed E-state index contributed by atoms with van der Waals surface area (Å²) < 4.78 is 7.47. The van der Waals surface area contributed by atoms with Crippen molar-refractivity contribution in [2.24, 2.45) is 0 Å². The molecule has 1 N–H and O–H groups in total. The Morgan fingerprint density at radius 2 is 2.33 bits per heavy atom. The van der Waals surface area contributed by atoms with Crippen LogP contribution in [-0.4, -0.2) is 29.8 Å². The number of benzene rings is 1. The summed E-state index contributed by atoms with van der Waals surface area (Å²) in [5.41, 5.74) is 2.55. The SMILES string of the molecule is COc1cccc(Cn2cncc2C2CNC2)c1. The summed E-state index contributed by atoms with van der Waals surface area (Å²) in [6.45, 7) is 2.97. The molecule has 0 aliphatic carbocycles. The highest BCUT2D eigenvalue weighted by Crippen LogP contribution is 2.21. The van der Waals surface area contributed by atoms with E-state index < -0.39 is 0 Å². The van der Waals surface area contributed by atoms with Crippen LogP contribution in [-0.2, 0) is 6.54 Å². The smallest absolute Gasteiger partial charge is 0.119 e. The highest BCUT2D eigenvalue weighted by Gasteiger charge is 2.22. The number of aromatic nitrogens is 2. The summed E-state index contributed by atoms with van der Waals surface area (Å²) in [5.74, 6) is 1.51. The van der Waals surface area contributed by atoms with Crippen molar-refractivity contribution < 1.29 is 4.74 Å². The first-order chi connectivity index (χ1) is 8.86. The van der Waals surface area contributed by atoms with Gasteiger partial charge in [-0.3, -0.25) is 0 Å². The fraction of sp³-hybridized carbons (Fsp3) is 0.357. The van der Waals surface area contributed by atoms with Gasteiger partial charge in [0.05, 0.1) is 13.4 Å². The lowest BCUT2D eigenvalue weighted by Gasteiger charge is -2.27. The maximum Gasteiger partial charge on any atom is 0.119 e. The number of nitrogens with one attached hydrogen (secondary N) is 1. The van der Waals surface area contributed by atoms with E-state index >= 15 is 0 Å². The van der Waals surface area contributed by atoms with E-state index in [1.807, 2.05) is 24.7 Å². The summed E-state index contributed by atoms with van der Waals surface area (Å²) >= 11 is 0. The Morgan fingerprint density at radius 1 is 1.44 bits per heavy atom. The molecule has 0 saturated carbocycles. The molecule has 0 amide bonds. The van der Waals surface area contributed by atoms with Gasteiger partial charge in [-0.2, -0.15) is 0 Å². The van der Waals surface area contributed by atoms with E-state index in [-0.39, 0.29) is 0 Å². The second-order valence-corrected chi connectivity index (χ2v) is 4.65. The van der Waals surface area contributed by atoms with Crippen molar-refractivity contribution >= 4 is 0 Å². The van der Waals surface area contributed by atoms with Crippen LogP contribution in [0.3, 0.4) is 0 Å². The van der Waals surface area contributed by atoms with E-state index in [4.69, 9.17) is 4.74 Å². The first-order valence-corrected chi connectivity index (χ1v) is 6.20. The monoisotopic (exact) mass is 243 g/mol. The number of hydrogen-bond acceptors (Lipinski definition) is 3. The molecule has 2 aromatic rings. The second kappa shape index (κ2) is 4.82. The van der Waals surface area contributed by atoms with Crippen LogP contribution in [0.25, 0.3) is 0 Å². The maximum absolute atomic E-state index is 5.25. The Hall–Kier alpha value is -1.81. The molecule has 0 atom stereocenters. The first-order valence-electron chi connectivity index (χ1n) is 6.20. The van der Waals surface area contributed by atoms with Crippen LogP contribution in [0.4, 0.5) is 0 Å². The van der Waals surface area contributed by atoms with E-state index in [0.29, 0.717) is 5.92 Å². The summed E-state index contributed by atoms with van der Waals surface area (Å²) in [6.07, 6.45) is 3.89. The standard InChI is InChI=1S/C14H17N3O/c1-18-13-4-2-3-11(5-13)9-17-10-16-8-14(17)12-6-15-7-12/h2-5,8,10,12,15H,6-7,9H2,1H3. The lowest BCUT2D eigenvalue weighted by molar-refractivity contribution is 0.413. The van der Waals surface area contributed by atoms with Crippen LogP contribution in [0, 0.1) is 0 Å². The van der Waals surface area contributed by atoms with Crippen molar-refractivity contribution in [1.82, 2.24) is 14.9 Å². The van der Waals surface area contributed by atoms with E-state index in [9.17, 15) is 0 Å². The molecule has 18 heavy (non-hydrogen) atoms. The molecule has 3 rings (SSSR count). The quantitative estimate of drug-likeness (QED) is 0.887. The topological polar surface area (TPSA) is 39.1 Å². The van der Waals surface area contributed by atoms with Crippen molar-refractivity contribution in [3.63, 3.8) is 0 Å². The number of nitrogens with zero attached hydrogens (tertiary/aromatic N) is 2. The Kier molecular flexibility index (Phi) is 3.02. The zero-order valence-corrected chi connectivity index (χ0v) is 10.5. The van der Waals surface area contributed by atoms with Gasteiger partial charge in [0.25, 0.3) is 0 Å². The predicted octanol–water partition coefficient (Wildman–Crippen LogP) is 1.63. The van der Waals surface area contributed by atoms with Crippen LogP contribution in [0.1, 0.15) is 17.2 Å². The largest absolute Gasteiger partial charge is 0.497 e. The van der Waals surface area contributed by atoms with Crippen LogP contribution in [0.15, 0.2) is 36.8 Å². The Morgan fingerprint density at radius 3 is 3.06 bits per heavy atom. The average Bonchev–Trinajstić information content (AvgIpc) is 2.75. The number of methoxy groups -OCH3 is 1. The molecule has 0 radical (unpaired) electrons. The highest BCUT2D eigenvalue weighted by atomic mass is 16.5. The summed E-state index contributed by atoms with van der Waals surface area (Å²) in [6, 6.07) is 8.18. The summed E-state index contributed by atoms with van der Waals surface area (Å²) in [5, 5.41) is 3.30. The van der Waals surface area contributed by atoms with Gasteiger partial charge >= 0.3 is 0 Å². The zero-order valence-electron chi connectivity index (χ0n) is 10.5. The molecule has 1 fully saturated rings. The molecule has 0 unspecified atom stereocenters. The molecular formula is C14H17N3O. The van der Waals surface area contributed by atoms with Gasteiger partial charge in [-0.25, -0.2) is 4.98 Å². The molecule has 4 heteroatoms. The number of imidazole rings is 1. The van der Waals surface area contributed by atoms with Crippen molar-refractivity contribution in [1.29, 1.82) is 0 Å². The lowest BCUT2D eigenvalue weighted by Crippen LogP contribution is -2.40. The molecule has 0 bridgehead atoms. The molecule has 1 aromatic heterocycles. The third-order valence-electron chi connectivity index (χ3n) is 3.43. The van der Waals surface area contributed by atoms with Gasteiger partial charge in [0.15, 0.2) is 0 Å². The van der Waals surface area contributed by atoms with E-state index in [1.165, 1.54) is 11.3 Å². The Bertz CT molecular complexity index is 531. The minimum atomic E-state index is 0.609. The third kappa shape index (κ3) is 2.11. The van der Waals surface area contributed by atoms with Gasteiger partial charge in [0.1, 0.15) is 5.75 Å². The maximum atomic E-state index is 5.25. The van der Waals surface area contributed by atoms with E-state index in [1.54, 1.807) is 7.11 Å². The van der Waals surface area contributed by atoms with Gasteiger partial charge in [0.2, 0.25) is 0 Å².